The van der Waals surface area contributed by atoms with Crippen molar-refractivity contribution in [3.05, 3.63) is 36.9 Å². The molecule has 1 saturated heterocycles. The number of morpholine rings is 1. The van der Waals surface area contributed by atoms with Gasteiger partial charge < -0.3 is 15.4 Å². The fourth-order valence-corrected chi connectivity index (χ4v) is 2.27. The highest BCUT2D eigenvalue weighted by Gasteiger charge is 2.18. The molecule has 3 rings (SSSR count). The van der Waals surface area contributed by atoms with E-state index in [1.807, 2.05) is 24.3 Å². The van der Waals surface area contributed by atoms with Gasteiger partial charge >= 0.3 is 0 Å². The van der Waals surface area contributed by atoms with E-state index in [9.17, 15) is 4.79 Å². The predicted octanol–water partition coefficient (Wildman–Crippen LogP) is 0.584. The number of para-hydroxylation sites is 2. The predicted molar refractivity (Wildman–Crippen MR) is 77.2 cm³/mol. The number of ether oxygens (including phenoxy) is 1. The Balaban J connectivity index is 1.68. The van der Waals surface area contributed by atoms with Crippen LogP contribution in [0.25, 0.3) is 5.69 Å². The highest BCUT2D eigenvalue weighted by Crippen LogP contribution is 2.19. The summed E-state index contributed by atoms with van der Waals surface area (Å²) in [6.07, 6.45) is 3.31. The first-order valence-electron chi connectivity index (χ1n) is 6.89. The zero-order valence-electron chi connectivity index (χ0n) is 11.5. The van der Waals surface area contributed by atoms with E-state index >= 15 is 0 Å². The maximum absolute atomic E-state index is 12.1. The smallest absolute Gasteiger partial charge is 0.227 e. The van der Waals surface area contributed by atoms with Crippen molar-refractivity contribution in [2.75, 3.05) is 25.0 Å². The van der Waals surface area contributed by atoms with Crippen LogP contribution < -0.4 is 10.6 Å². The van der Waals surface area contributed by atoms with E-state index in [2.05, 4.69) is 20.7 Å². The number of rotatable bonds is 4. The van der Waals surface area contributed by atoms with Gasteiger partial charge in [0, 0.05) is 13.1 Å². The third kappa shape index (κ3) is 3.45. The molecule has 7 heteroatoms. The summed E-state index contributed by atoms with van der Waals surface area (Å²) in [5.74, 6) is -0.0729. The van der Waals surface area contributed by atoms with Gasteiger partial charge in [0.1, 0.15) is 12.7 Å². The average Bonchev–Trinajstić information content (AvgIpc) is 3.03. The van der Waals surface area contributed by atoms with Crippen molar-refractivity contribution in [2.24, 2.45) is 0 Å². The van der Waals surface area contributed by atoms with Crippen LogP contribution in [-0.2, 0) is 9.53 Å². The van der Waals surface area contributed by atoms with Crippen molar-refractivity contribution in [3.8, 4) is 5.69 Å². The summed E-state index contributed by atoms with van der Waals surface area (Å²) in [7, 11) is 0. The molecule has 1 amide bonds. The number of carbonyl (C=O) groups is 1. The topological polar surface area (TPSA) is 81.1 Å². The van der Waals surface area contributed by atoms with E-state index < -0.39 is 0 Å². The van der Waals surface area contributed by atoms with E-state index in [4.69, 9.17) is 4.74 Å². The summed E-state index contributed by atoms with van der Waals surface area (Å²) in [4.78, 5) is 16.1. The van der Waals surface area contributed by atoms with Gasteiger partial charge in [0.2, 0.25) is 5.91 Å². The highest BCUT2D eigenvalue weighted by atomic mass is 16.5. The minimum atomic E-state index is -0.0729. The second-order valence-electron chi connectivity index (χ2n) is 4.81. The normalized spacial score (nSPS) is 18.4. The summed E-state index contributed by atoms with van der Waals surface area (Å²) >= 11 is 0. The first kappa shape index (κ1) is 13.7. The highest BCUT2D eigenvalue weighted by molar-refractivity contribution is 5.93. The van der Waals surface area contributed by atoms with Gasteiger partial charge in [0.05, 0.1) is 30.5 Å². The summed E-state index contributed by atoms with van der Waals surface area (Å²) in [5, 5.41) is 10.2. The van der Waals surface area contributed by atoms with Gasteiger partial charge in [-0.15, -0.1) is 0 Å². The second kappa shape index (κ2) is 6.47. The Morgan fingerprint density at radius 2 is 2.38 bits per heavy atom. The summed E-state index contributed by atoms with van der Waals surface area (Å²) in [5.41, 5.74) is 1.49. The van der Waals surface area contributed by atoms with Crippen molar-refractivity contribution in [2.45, 2.75) is 12.5 Å². The molecule has 0 radical (unpaired) electrons. The third-order valence-corrected chi connectivity index (χ3v) is 3.26. The fraction of sp³-hybridized carbons (Fsp3) is 0.357. The maximum Gasteiger partial charge on any atom is 0.227 e. The number of hydrogen-bond donors (Lipinski definition) is 2. The van der Waals surface area contributed by atoms with Crippen LogP contribution in [0.2, 0.25) is 0 Å². The van der Waals surface area contributed by atoms with Crippen molar-refractivity contribution >= 4 is 11.6 Å². The zero-order valence-corrected chi connectivity index (χ0v) is 11.5. The van der Waals surface area contributed by atoms with Crippen LogP contribution in [-0.4, -0.2) is 46.5 Å². The monoisotopic (exact) mass is 287 g/mol. The van der Waals surface area contributed by atoms with Gasteiger partial charge in [0.25, 0.3) is 0 Å². The summed E-state index contributed by atoms with van der Waals surface area (Å²) in [6.45, 7) is 2.19. The molecule has 110 valence electrons. The van der Waals surface area contributed by atoms with E-state index in [1.165, 1.54) is 6.33 Å². The van der Waals surface area contributed by atoms with Crippen LogP contribution in [0.1, 0.15) is 6.42 Å². The molecule has 0 aliphatic carbocycles. The lowest BCUT2D eigenvalue weighted by molar-refractivity contribution is -0.119. The molecular weight excluding hydrogens is 270 g/mol. The van der Waals surface area contributed by atoms with Crippen LogP contribution in [0.5, 0.6) is 0 Å². The van der Waals surface area contributed by atoms with Crippen molar-refractivity contribution in [1.82, 2.24) is 20.1 Å². The maximum atomic E-state index is 12.1. The van der Waals surface area contributed by atoms with E-state index in [0.29, 0.717) is 25.3 Å². The molecule has 7 nitrogen and oxygen atoms in total. The first-order valence-corrected chi connectivity index (χ1v) is 6.89. The minimum absolute atomic E-state index is 0.0720. The number of anilines is 1. The van der Waals surface area contributed by atoms with Gasteiger partial charge in [-0.1, -0.05) is 12.1 Å². The number of hydrogen-bond acceptors (Lipinski definition) is 5. The lowest BCUT2D eigenvalue weighted by atomic mass is 10.2. The molecule has 1 aromatic carbocycles. The Bertz CT molecular complexity index is 593. The standard InChI is InChI=1S/C14H17N5O2/c20-14(7-11-8-15-5-6-21-11)18-12-3-1-2-4-13(12)19-10-16-9-17-19/h1-4,9-11,15H,5-8H2,(H,18,20). The molecule has 2 N–H and O–H groups in total. The molecular formula is C14H17N5O2. The molecule has 21 heavy (non-hydrogen) atoms. The Kier molecular flexibility index (Phi) is 4.23. The number of benzene rings is 1. The van der Waals surface area contributed by atoms with E-state index in [0.717, 1.165) is 12.2 Å². The van der Waals surface area contributed by atoms with E-state index in [1.54, 1.807) is 11.0 Å². The molecule has 1 fully saturated rings. The Labute approximate surface area is 122 Å². The lowest BCUT2D eigenvalue weighted by Gasteiger charge is -2.23. The zero-order chi connectivity index (χ0) is 14.5. The molecule has 1 unspecified atom stereocenters. The molecule has 0 spiro atoms. The van der Waals surface area contributed by atoms with Crippen LogP contribution in [0, 0.1) is 0 Å². The first-order chi connectivity index (χ1) is 10.3. The number of nitrogens with one attached hydrogen (secondary N) is 2. The van der Waals surface area contributed by atoms with Crippen LogP contribution in [0.15, 0.2) is 36.9 Å². The SMILES string of the molecule is O=C(CC1CNCCO1)Nc1ccccc1-n1cncn1. The van der Waals surface area contributed by atoms with Crippen molar-refractivity contribution < 1.29 is 9.53 Å². The molecule has 0 bridgehead atoms. The number of carbonyl (C=O) groups excluding carboxylic acids is 1. The molecule has 1 aliphatic heterocycles. The molecule has 1 atom stereocenters. The number of amides is 1. The lowest BCUT2D eigenvalue weighted by Crippen LogP contribution is -2.40. The van der Waals surface area contributed by atoms with Crippen molar-refractivity contribution in [1.29, 1.82) is 0 Å². The average molecular weight is 287 g/mol. The van der Waals surface area contributed by atoms with Gasteiger partial charge in [-0.2, -0.15) is 5.10 Å². The fourth-order valence-electron chi connectivity index (χ4n) is 2.27. The Morgan fingerprint density at radius 1 is 1.48 bits per heavy atom. The Morgan fingerprint density at radius 3 is 3.14 bits per heavy atom. The van der Waals surface area contributed by atoms with Gasteiger partial charge in [0.15, 0.2) is 0 Å². The van der Waals surface area contributed by atoms with Crippen LogP contribution in [0.4, 0.5) is 5.69 Å². The van der Waals surface area contributed by atoms with Gasteiger partial charge in [-0.3, -0.25) is 4.79 Å². The van der Waals surface area contributed by atoms with Crippen molar-refractivity contribution in [3.63, 3.8) is 0 Å². The summed E-state index contributed by atoms with van der Waals surface area (Å²) in [6, 6.07) is 7.48. The third-order valence-electron chi connectivity index (χ3n) is 3.26. The largest absolute Gasteiger partial charge is 0.375 e. The molecule has 1 aromatic heterocycles. The van der Waals surface area contributed by atoms with Crippen LogP contribution in [0.3, 0.4) is 0 Å². The van der Waals surface area contributed by atoms with Gasteiger partial charge in [-0.05, 0) is 12.1 Å². The van der Waals surface area contributed by atoms with E-state index in [-0.39, 0.29) is 12.0 Å². The second-order valence-corrected chi connectivity index (χ2v) is 4.81. The molecule has 1 aliphatic rings. The quantitative estimate of drug-likeness (QED) is 0.860. The Hall–Kier alpha value is -2.25. The summed E-state index contributed by atoms with van der Waals surface area (Å²) < 4.78 is 7.16. The molecule has 0 saturated carbocycles. The molecule has 2 heterocycles. The minimum Gasteiger partial charge on any atom is -0.375 e. The number of nitrogens with zero attached hydrogens (tertiary/aromatic N) is 3. The number of aromatic nitrogens is 3. The molecule has 2 aromatic rings. The van der Waals surface area contributed by atoms with Gasteiger partial charge in [-0.25, -0.2) is 9.67 Å². The van der Waals surface area contributed by atoms with Crippen LogP contribution >= 0.6 is 0 Å².